The van der Waals surface area contributed by atoms with Crippen molar-refractivity contribution in [3.63, 3.8) is 0 Å². The summed E-state index contributed by atoms with van der Waals surface area (Å²) in [5.74, 6) is -0.0313. The standard InChI is InChI=1S/C20H24ClN3O4S/c1-14-4-5-16(21)12-18(14)23-8-10-24(11-9-23)29(26,27)20-13-17(22-15(2)25)6-7-19(20)28-3/h4-7,12-13H,8-11H2,1-3H3,(H,22,25). The lowest BCUT2D eigenvalue weighted by atomic mass is 10.1. The van der Waals surface area contributed by atoms with E-state index in [4.69, 9.17) is 16.3 Å². The summed E-state index contributed by atoms with van der Waals surface area (Å²) in [6, 6.07) is 10.3. The molecule has 0 bridgehead atoms. The van der Waals surface area contributed by atoms with E-state index in [1.165, 1.54) is 24.4 Å². The summed E-state index contributed by atoms with van der Waals surface area (Å²) in [4.78, 5) is 13.5. The van der Waals surface area contributed by atoms with Crippen molar-refractivity contribution in [2.24, 2.45) is 0 Å². The highest BCUT2D eigenvalue weighted by atomic mass is 35.5. The zero-order valence-electron chi connectivity index (χ0n) is 16.6. The molecule has 156 valence electrons. The van der Waals surface area contributed by atoms with E-state index >= 15 is 0 Å². The van der Waals surface area contributed by atoms with Crippen molar-refractivity contribution in [1.82, 2.24) is 4.31 Å². The molecule has 1 amide bonds. The molecule has 1 aliphatic heterocycles. The fraction of sp³-hybridized carbons (Fsp3) is 0.350. The van der Waals surface area contributed by atoms with E-state index in [1.54, 1.807) is 12.1 Å². The monoisotopic (exact) mass is 437 g/mol. The quantitative estimate of drug-likeness (QED) is 0.777. The van der Waals surface area contributed by atoms with E-state index in [1.807, 2.05) is 25.1 Å². The third kappa shape index (κ3) is 4.66. The van der Waals surface area contributed by atoms with Gasteiger partial charge in [0.1, 0.15) is 10.6 Å². The van der Waals surface area contributed by atoms with Gasteiger partial charge < -0.3 is 15.0 Å². The fourth-order valence-corrected chi connectivity index (χ4v) is 5.16. The summed E-state index contributed by atoms with van der Waals surface area (Å²) in [5, 5.41) is 3.27. The number of nitrogens with one attached hydrogen (secondary N) is 1. The Hall–Kier alpha value is -2.29. The van der Waals surface area contributed by atoms with Gasteiger partial charge in [0.25, 0.3) is 0 Å². The third-order valence-corrected chi connectivity index (χ3v) is 7.01. The van der Waals surface area contributed by atoms with E-state index in [0.717, 1.165) is 11.3 Å². The SMILES string of the molecule is COc1ccc(NC(C)=O)cc1S(=O)(=O)N1CCN(c2cc(Cl)ccc2C)CC1. The van der Waals surface area contributed by atoms with Gasteiger partial charge in [-0.25, -0.2) is 8.42 Å². The Morgan fingerprint density at radius 3 is 2.41 bits per heavy atom. The average molecular weight is 438 g/mol. The Balaban J connectivity index is 1.83. The summed E-state index contributed by atoms with van der Waals surface area (Å²) in [6.45, 7) is 5.15. The highest BCUT2D eigenvalue weighted by Crippen LogP contribution is 2.31. The van der Waals surface area contributed by atoms with Crippen molar-refractivity contribution in [2.75, 3.05) is 43.5 Å². The number of ether oxygens (including phenoxy) is 1. The highest BCUT2D eigenvalue weighted by molar-refractivity contribution is 7.89. The van der Waals surface area contributed by atoms with Gasteiger partial charge in [-0.2, -0.15) is 4.31 Å². The number of anilines is 2. The molecule has 1 aliphatic rings. The number of carbonyl (C=O) groups excluding carboxylic acids is 1. The average Bonchev–Trinajstić information content (AvgIpc) is 2.69. The maximum absolute atomic E-state index is 13.3. The lowest BCUT2D eigenvalue weighted by molar-refractivity contribution is -0.114. The fourth-order valence-electron chi connectivity index (χ4n) is 3.39. The van der Waals surface area contributed by atoms with E-state index < -0.39 is 10.0 Å². The Bertz CT molecular complexity index is 1020. The van der Waals surface area contributed by atoms with Crippen LogP contribution in [0.2, 0.25) is 5.02 Å². The largest absolute Gasteiger partial charge is 0.495 e. The second-order valence-corrected chi connectivity index (χ2v) is 9.21. The lowest BCUT2D eigenvalue weighted by Gasteiger charge is -2.36. The molecule has 0 saturated carbocycles. The normalized spacial score (nSPS) is 15.2. The number of rotatable bonds is 5. The second-order valence-electron chi connectivity index (χ2n) is 6.87. The lowest BCUT2D eigenvalue weighted by Crippen LogP contribution is -2.48. The first-order chi connectivity index (χ1) is 13.7. The summed E-state index contributed by atoms with van der Waals surface area (Å²) < 4.78 is 33.2. The number of hydrogen-bond acceptors (Lipinski definition) is 5. The number of sulfonamides is 1. The summed E-state index contributed by atoms with van der Waals surface area (Å²) in [7, 11) is -2.36. The minimum absolute atomic E-state index is 0.0404. The Morgan fingerprint density at radius 1 is 1.10 bits per heavy atom. The van der Waals surface area contributed by atoms with Crippen LogP contribution in [-0.4, -0.2) is 51.9 Å². The van der Waals surface area contributed by atoms with Gasteiger partial charge in [0.15, 0.2) is 0 Å². The first kappa shape index (κ1) is 21.4. The molecule has 0 atom stereocenters. The maximum atomic E-state index is 13.3. The van der Waals surface area contributed by atoms with Crippen molar-refractivity contribution in [3.8, 4) is 5.75 Å². The number of piperazine rings is 1. The number of aryl methyl sites for hydroxylation is 1. The summed E-state index contributed by atoms with van der Waals surface area (Å²) >= 11 is 6.12. The van der Waals surface area contributed by atoms with Gasteiger partial charge in [-0.1, -0.05) is 17.7 Å². The van der Waals surface area contributed by atoms with Crippen molar-refractivity contribution >= 4 is 38.9 Å². The molecule has 1 heterocycles. The van der Waals surface area contributed by atoms with Crippen molar-refractivity contribution in [3.05, 3.63) is 47.0 Å². The van der Waals surface area contributed by atoms with Crippen LogP contribution in [0.3, 0.4) is 0 Å². The summed E-state index contributed by atoms with van der Waals surface area (Å²) in [6.07, 6.45) is 0. The molecule has 0 radical (unpaired) electrons. The molecule has 2 aromatic rings. The number of methoxy groups -OCH3 is 1. The van der Waals surface area contributed by atoms with E-state index in [-0.39, 0.29) is 16.6 Å². The molecule has 1 fully saturated rings. The number of halogens is 1. The zero-order chi connectivity index (χ0) is 21.2. The Labute approximate surface area is 176 Å². The topological polar surface area (TPSA) is 78.9 Å². The van der Waals surface area contributed by atoms with Crippen LogP contribution >= 0.6 is 11.6 Å². The predicted octanol–water partition coefficient (Wildman–Crippen LogP) is 3.13. The molecule has 0 spiro atoms. The molecular weight excluding hydrogens is 414 g/mol. The van der Waals surface area contributed by atoms with Crippen molar-refractivity contribution in [2.45, 2.75) is 18.7 Å². The van der Waals surface area contributed by atoms with Crippen LogP contribution in [0.1, 0.15) is 12.5 Å². The minimum Gasteiger partial charge on any atom is -0.495 e. The molecule has 9 heteroatoms. The van der Waals surface area contributed by atoms with E-state index in [2.05, 4.69) is 10.2 Å². The highest BCUT2D eigenvalue weighted by Gasteiger charge is 2.31. The molecule has 0 aromatic heterocycles. The van der Waals surface area contributed by atoms with Gasteiger partial charge in [-0.3, -0.25) is 4.79 Å². The van der Waals surface area contributed by atoms with Crippen LogP contribution in [0.25, 0.3) is 0 Å². The van der Waals surface area contributed by atoms with Crippen molar-refractivity contribution < 1.29 is 17.9 Å². The van der Waals surface area contributed by atoms with Gasteiger partial charge in [-0.15, -0.1) is 0 Å². The van der Waals surface area contributed by atoms with Gasteiger partial charge in [0.2, 0.25) is 15.9 Å². The number of amides is 1. The molecule has 0 unspecified atom stereocenters. The zero-order valence-corrected chi connectivity index (χ0v) is 18.2. The van der Waals surface area contributed by atoms with E-state index in [9.17, 15) is 13.2 Å². The second kappa shape index (κ2) is 8.61. The molecule has 7 nitrogen and oxygen atoms in total. The molecule has 29 heavy (non-hydrogen) atoms. The minimum atomic E-state index is -3.78. The van der Waals surface area contributed by atoms with Crippen LogP contribution < -0.4 is 15.0 Å². The molecule has 1 N–H and O–H groups in total. The first-order valence-electron chi connectivity index (χ1n) is 9.19. The molecule has 0 aliphatic carbocycles. The maximum Gasteiger partial charge on any atom is 0.246 e. The van der Waals surface area contributed by atoms with Crippen LogP contribution in [0.15, 0.2) is 41.3 Å². The van der Waals surface area contributed by atoms with Gasteiger partial charge >= 0.3 is 0 Å². The first-order valence-corrected chi connectivity index (χ1v) is 11.0. The van der Waals surface area contributed by atoms with Crippen LogP contribution in [-0.2, 0) is 14.8 Å². The number of nitrogens with zero attached hydrogens (tertiary/aromatic N) is 2. The van der Waals surface area contributed by atoms with Gasteiger partial charge in [0.05, 0.1) is 7.11 Å². The van der Waals surface area contributed by atoms with Crippen LogP contribution in [0.4, 0.5) is 11.4 Å². The van der Waals surface area contributed by atoms with E-state index in [0.29, 0.717) is 36.9 Å². The Morgan fingerprint density at radius 2 is 1.79 bits per heavy atom. The molecule has 2 aromatic carbocycles. The predicted molar refractivity (Wildman–Crippen MR) is 114 cm³/mol. The van der Waals surface area contributed by atoms with Crippen molar-refractivity contribution in [1.29, 1.82) is 0 Å². The van der Waals surface area contributed by atoms with Gasteiger partial charge in [-0.05, 0) is 42.8 Å². The number of carbonyl (C=O) groups is 1. The molecular formula is C20H24ClN3O4S. The number of hydrogen-bond donors (Lipinski definition) is 1. The third-order valence-electron chi connectivity index (χ3n) is 4.85. The smallest absolute Gasteiger partial charge is 0.246 e. The van der Waals surface area contributed by atoms with Crippen LogP contribution in [0, 0.1) is 6.92 Å². The van der Waals surface area contributed by atoms with Crippen LogP contribution in [0.5, 0.6) is 5.75 Å². The van der Waals surface area contributed by atoms with Gasteiger partial charge in [0, 0.05) is 49.5 Å². The Kier molecular flexibility index (Phi) is 6.36. The summed E-state index contributed by atoms with van der Waals surface area (Å²) in [5.41, 5.74) is 2.51. The molecule has 3 rings (SSSR count). The number of benzene rings is 2. The molecule has 1 saturated heterocycles.